The maximum atomic E-state index is 15.7. The Balaban J connectivity index is 1.44. The number of hydrazine groups is 2. The Bertz CT molecular complexity index is 1050. The van der Waals surface area contributed by atoms with Crippen molar-refractivity contribution in [3.8, 4) is 5.75 Å². The Kier molecular flexibility index (Phi) is 5.92. The molecule has 0 spiro atoms. The molecule has 5 rings (SSSR count). The minimum atomic E-state index is -0.577. The zero-order valence-corrected chi connectivity index (χ0v) is 18.6. The van der Waals surface area contributed by atoms with E-state index in [0.29, 0.717) is 11.3 Å². The SMILES string of the molecule is COc1cccc(F)c1N1NC2C(CC1=O)NNC2c1cccc(N2CCN(C)CC2)c1F. The first-order chi connectivity index (χ1) is 16.0. The second kappa shape index (κ2) is 8.86. The van der Waals surface area contributed by atoms with E-state index in [9.17, 15) is 9.18 Å². The number of benzene rings is 2. The summed E-state index contributed by atoms with van der Waals surface area (Å²) >= 11 is 0. The highest BCUT2D eigenvalue weighted by Gasteiger charge is 2.45. The van der Waals surface area contributed by atoms with Gasteiger partial charge in [0.1, 0.15) is 11.4 Å². The molecule has 1 amide bonds. The van der Waals surface area contributed by atoms with Gasteiger partial charge < -0.3 is 14.5 Å². The van der Waals surface area contributed by atoms with Crippen molar-refractivity contribution in [3.63, 3.8) is 0 Å². The summed E-state index contributed by atoms with van der Waals surface area (Å²) in [6.45, 7) is 3.27. The van der Waals surface area contributed by atoms with E-state index in [1.165, 1.54) is 24.3 Å². The van der Waals surface area contributed by atoms with Crippen molar-refractivity contribution < 1.29 is 18.3 Å². The number of nitrogens with zero attached hydrogens (tertiary/aromatic N) is 3. The predicted octanol–water partition coefficient (Wildman–Crippen LogP) is 1.55. The fourth-order valence-electron chi connectivity index (χ4n) is 4.86. The number of likely N-dealkylation sites (N-methyl/N-ethyl adjacent to an activating group) is 1. The lowest BCUT2D eigenvalue weighted by Gasteiger charge is -2.38. The summed E-state index contributed by atoms with van der Waals surface area (Å²) < 4.78 is 35.7. The molecule has 3 aliphatic rings. The van der Waals surface area contributed by atoms with Crippen molar-refractivity contribution in [2.75, 3.05) is 50.2 Å². The normalized spacial score (nSPS) is 25.9. The number of carbonyl (C=O) groups is 1. The molecule has 2 aromatic rings. The minimum absolute atomic E-state index is 0.0285. The number of hydrogen-bond donors (Lipinski definition) is 3. The molecule has 3 atom stereocenters. The number of carbonyl (C=O) groups excluding carboxylic acids is 1. The lowest BCUT2D eigenvalue weighted by atomic mass is 9.92. The van der Waals surface area contributed by atoms with E-state index in [4.69, 9.17) is 4.74 Å². The van der Waals surface area contributed by atoms with Crippen LogP contribution in [-0.4, -0.2) is 63.2 Å². The van der Waals surface area contributed by atoms with E-state index in [2.05, 4.69) is 33.1 Å². The standard InChI is InChI=1S/C23H28F2N6O2/c1-29-9-11-30(12-10-29)17-7-3-5-14(20(17)25)21-22-16(26-27-21)13-19(32)31(28-22)23-15(24)6-4-8-18(23)33-2/h3-8,16,21-22,26-28H,9-13H2,1-2H3. The highest BCUT2D eigenvalue weighted by molar-refractivity contribution is 5.95. The first-order valence-electron chi connectivity index (χ1n) is 11.1. The molecule has 3 aliphatic heterocycles. The van der Waals surface area contributed by atoms with E-state index < -0.39 is 11.9 Å². The van der Waals surface area contributed by atoms with Gasteiger partial charge in [-0.3, -0.25) is 10.2 Å². The molecule has 33 heavy (non-hydrogen) atoms. The van der Waals surface area contributed by atoms with Crippen molar-refractivity contribution in [3.05, 3.63) is 53.6 Å². The third kappa shape index (κ3) is 3.93. The van der Waals surface area contributed by atoms with Crippen LogP contribution in [0.2, 0.25) is 0 Å². The number of hydrogen-bond acceptors (Lipinski definition) is 7. The van der Waals surface area contributed by atoms with Crippen LogP contribution in [-0.2, 0) is 4.79 Å². The quantitative estimate of drug-likeness (QED) is 0.642. The van der Waals surface area contributed by atoms with Crippen molar-refractivity contribution in [2.24, 2.45) is 0 Å². The number of para-hydroxylation sites is 1. The second-order valence-electron chi connectivity index (χ2n) is 8.72. The van der Waals surface area contributed by atoms with Crippen LogP contribution in [0.3, 0.4) is 0 Å². The van der Waals surface area contributed by atoms with Crippen molar-refractivity contribution in [2.45, 2.75) is 24.5 Å². The van der Waals surface area contributed by atoms with Gasteiger partial charge in [-0.15, -0.1) is 0 Å². The molecule has 0 radical (unpaired) electrons. The van der Waals surface area contributed by atoms with Gasteiger partial charge >= 0.3 is 0 Å². The minimum Gasteiger partial charge on any atom is -0.494 e. The largest absolute Gasteiger partial charge is 0.494 e. The van der Waals surface area contributed by atoms with Gasteiger partial charge in [0.05, 0.1) is 24.9 Å². The van der Waals surface area contributed by atoms with Crippen LogP contribution in [0.25, 0.3) is 0 Å². The van der Waals surface area contributed by atoms with Gasteiger partial charge in [-0.1, -0.05) is 18.2 Å². The molecular weight excluding hydrogens is 430 g/mol. The number of piperazine rings is 1. The molecule has 3 unspecified atom stereocenters. The first kappa shape index (κ1) is 22.0. The van der Waals surface area contributed by atoms with Crippen LogP contribution < -0.4 is 30.9 Å². The second-order valence-corrected chi connectivity index (χ2v) is 8.72. The zero-order valence-electron chi connectivity index (χ0n) is 18.6. The van der Waals surface area contributed by atoms with Gasteiger partial charge in [-0.25, -0.2) is 24.6 Å². The first-order valence-corrected chi connectivity index (χ1v) is 11.1. The summed E-state index contributed by atoms with van der Waals surface area (Å²) in [6, 6.07) is 8.69. The summed E-state index contributed by atoms with van der Waals surface area (Å²) in [5, 5.41) is 1.19. The summed E-state index contributed by atoms with van der Waals surface area (Å²) in [5.41, 5.74) is 10.5. The molecule has 3 fully saturated rings. The number of nitrogens with one attached hydrogen (secondary N) is 3. The summed E-state index contributed by atoms with van der Waals surface area (Å²) in [4.78, 5) is 17.1. The Morgan fingerprint density at radius 3 is 2.55 bits per heavy atom. The van der Waals surface area contributed by atoms with E-state index in [-0.39, 0.29) is 41.7 Å². The fourth-order valence-corrected chi connectivity index (χ4v) is 4.86. The molecular formula is C23H28F2N6O2. The fraction of sp³-hybridized carbons (Fsp3) is 0.435. The monoisotopic (exact) mass is 458 g/mol. The topological polar surface area (TPSA) is 72.1 Å². The van der Waals surface area contributed by atoms with Gasteiger partial charge in [0.2, 0.25) is 5.91 Å². The van der Waals surface area contributed by atoms with Crippen molar-refractivity contribution in [1.29, 1.82) is 0 Å². The van der Waals surface area contributed by atoms with Gasteiger partial charge in [-0.2, -0.15) is 0 Å². The molecule has 0 bridgehead atoms. The van der Waals surface area contributed by atoms with Gasteiger partial charge in [0.25, 0.3) is 0 Å². The number of fused-ring (bicyclic) bond motifs is 1. The summed E-state index contributed by atoms with van der Waals surface area (Å²) in [7, 11) is 3.49. The molecule has 0 aliphatic carbocycles. The average Bonchev–Trinajstić information content (AvgIpc) is 3.21. The molecule has 10 heteroatoms. The van der Waals surface area contributed by atoms with E-state index in [0.717, 1.165) is 26.2 Å². The third-order valence-corrected chi connectivity index (χ3v) is 6.72. The lowest BCUT2D eigenvalue weighted by Crippen LogP contribution is -2.60. The van der Waals surface area contributed by atoms with Crippen LogP contribution >= 0.6 is 0 Å². The average molecular weight is 459 g/mol. The zero-order chi connectivity index (χ0) is 23.1. The molecule has 8 nitrogen and oxygen atoms in total. The van der Waals surface area contributed by atoms with Gasteiger partial charge in [0, 0.05) is 44.2 Å². The molecule has 3 saturated heterocycles. The number of methoxy groups -OCH3 is 1. The molecule has 176 valence electrons. The van der Waals surface area contributed by atoms with Crippen molar-refractivity contribution >= 4 is 17.3 Å². The molecule has 0 aromatic heterocycles. The maximum absolute atomic E-state index is 15.7. The van der Waals surface area contributed by atoms with Crippen LogP contribution in [0.1, 0.15) is 18.0 Å². The molecule has 3 N–H and O–H groups in total. The van der Waals surface area contributed by atoms with Crippen molar-refractivity contribution in [1.82, 2.24) is 21.2 Å². The number of ether oxygens (including phenoxy) is 1. The van der Waals surface area contributed by atoms with Crippen LogP contribution in [0, 0.1) is 11.6 Å². The van der Waals surface area contributed by atoms with Gasteiger partial charge in [0.15, 0.2) is 11.6 Å². The van der Waals surface area contributed by atoms with E-state index >= 15 is 4.39 Å². The Morgan fingerprint density at radius 1 is 1.03 bits per heavy atom. The van der Waals surface area contributed by atoms with E-state index in [1.54, 1.807) is 18.2 Å². The molecule has 2 aromatic carbocycles. The lowest BCUT2D eigenvalue weighted by molar-refractivity contribution is -0.121. The highest BCUT2D eigenvalue weighted by Crippen LogP contribution is 2.37. The Labute approximate surface area is 191 Å². The summed E-state index contributed by atoms with van der Waals surface area (Å²) in [5.74, 6) is -0.919. The Morgan fingerprint density at radius 2 is 1.79 bits per heavy atom. The van der Waals surface area contributed by atoms with E-state index in [1.807, 2.05) is 6.07 Å². The number of amides is 1. The smallest absolute Gasteiger partial charge is 0.243 e. The third-order valence-electron chi connectivity index (χ3n) is 6.72. The number of anilines is 2. The van der Waals surface area contributed by atoms with Crippen LogP contribution in [0.15, 0.2) is 36.4 Å². The summed E-state index contributed by atoms with van der Waals surface area (Å²) in [6.07, 6.45) is 0.123. The highest BCUT2D eigenvalue weighted by atomic mass is 19.1. The van der Waals surface area contributed by atoms with Gasteiger partial charge in [-0.05, 0) is 25.2 Å². The molecule has 0 saturated carbocycles. The number of rotatable bonds is 4. The maximum Gasteiger partial charge on any atom is 0.243 e. The van der Waals surface area contributed by atoms with Crippen LogP contribution in [0.4, 0.5) is 20.2 Å². The Hall–Kier alpha value is -2.79. The van der Waals surface area contributed by atoms with Crippen LogP contribution in [0.5, 0.6) is 5.75 Å². The number of halogens is 2. The molecule has 3 heterocycles. The predicted molar refractivity (Wildman–Crippen MR) is 121 cm³/mol.